The lowest BCUT2D eigenvalue weighted by atomic mass is 10.0. The minimum atomic E-state index is -0.259. The third-order valence-corrected chi connectivity index (χ3v) is 5.96. The Morgan fingerprint density at radius 2 is 2.03 bits per heavy atom. The van der Waals surface area contributed by atoms with Gasteiger partial charge < -0.3 is 14.1 Å². The van der Waals surface area contributed by atoms with E-state index in [0.29, 0.717) is 25.4 Å². The summed E-state index contributed by atoms with van der Waals surface area (Å²) in [6.45, 7) is 1.56. The van der Waals surface area contributed by atoms with Crippen molar-refractivity contribution >= 4 is 5.91 Å². The Kier molecular flexibility index (Phi) is 7.40. The van der Waals surface area contributed by atoms with Crippen LogP contribution in [0.1, 0.15) is 48.1 Å². The molecule has 3 aromatic rings. The van der Waals surface area contributed by atoms with Crippen LogP contribution >= 0.6 is 0 Å². The molecule has 0 saturated carbocycles. The van der Waals surface area contributed by atoms with Gasteiger partial charge in [-0.3, -0.25) is 9.69 Å². The first-order valence-corrected chi connectivity index (χ1v) is 11.3. The maximum absolute atomic E-state index is 13.1. The second-order valence-electron chi connectivity index (χ2n) is 8.59. The van der Waals surface area contributed by atoms with Crippen LogP contribution in [0, 0.1) is 5.82 Å². The van der Waals surface area contributed by atoms with Gasteiger partial charge in [-0.25, -0.2) is 9.37 Å². The summed E-state index contributed by atoms with van der Waals surface area (Å²) in [5.41, 5.74) is 2.05. The molecule has 2 aromatic carbocycles. The molecule has 2 heterocycles. The molecule has 0 N–H and O–H groups in total. The van der Waals surface area contributed by atoms with Gasteiger partial charge in [-0.05, 0) is 61.7 Å². The van der Waals surface area contributed by atoms with Crippen LogP contribution in [0.5, 0.6) is 5.75 Å². The standard InChI is InChI=1S/C26H30FN3O3/c1-29(17-19-9-11-21(27)12-10-19)18-25(31)30-13-4-3-8-24(30)26-28-16-23(33-26)15-20-6-5-7-22(14-20)32-2/h5-7,9-12,14,16,24H,3-4,8,13,15,17-18H2,1-2H3. The zero-order valence-corrected chi connectivity index (χ0v) is 19.2. The second-order valence-corrected chi connectivity index (χ2v) is 8.59. The van der Waals surface area contributed by atoms with Gasteiger partial charge in [0.25, 0.3) is 0 Å². The van der Waals surface area contributed by atoms with Gasteiger partial charge in [0.05, 0.1) is 19.9 Å². The number of oxazole rings is 1. The van der Waals surface area contributed by atoms with E-state index in [-0.39, 0.29) is 24.3 Å². The third-order valence-electron chi connectivity index (χ3n) is 5.96. The number of ether oxygens (including phenoxy) is 1. The average Bonchev–Trinajstić information content (AvgIpc) is 3.29. The van der Waals surface area contributed by atoms with Crippen molar-refractivity contribution < 1.29 is 18.3 Å². The van der Waals surface area contributed by atoms with E-state index in [9.17, 15) is 9.18 Å². The lowest BCUT2D eigenvalue weighted by Gasteiger charge is -2.35. The fraction of sp³-hybridized carbons (Fsp3) is 0.385. The first-order chi connectivity index (χ1) is 16.0. The Morgan fingerprint density at radius 3 is 2.82 bits per heavy atom. The fourth-order valence-corrected chi connectivity index (χ4v) is 4.31. The molecular formula is C26H30FN3O3. The monoisotopic (exact) mass is 451 g/mol. The molecule has 1 atom stereocenters. The molecule has 1 aliphatic heterocycles. The third kappa shape index (κ3) is 5.99. The van der Waals surface area contributed by atoms with E-state index in [1.807, 2.05) is 41.1 Å². The van der Waals surface area contributed by atoms with E-state index in [2.05, 4.69) is 4.98 Å². The zero-order valence-electron chi connectivity index (χ0n) is 19.2. The topological polar surface area (TPSA) is 58.8 Å². The molecule has 1 saturated heterocycles. The van der Waals surface area contributed by atoms with Crippen molar-refractivity contribution in [3.63, 3.8) is 0 Å². The van der Waals surface area contributed by atoms with Gasteiger partial charge in [-0.1, -0.05) is 24.3 Å². The van der Waals surface area contributed by atoms with Crippen molar-refractivity contribution in [2.24, 2.45) is 0 Å². The summed E-state index contributed by atoms with van der Waals surface area (Å²) in [4.78, 5) is 21.5. The molecule has 6 nitrogen and oxygen atoms in total. The molecule has 174 valence electrons. The summed E-state index contributed by atoms with van der Waals surface area (Å²) in [5.74, 6) is 1.97. The number of hydrogen-bond donors (Lipinski definition) is 0. The highest BCUT2D eigenvalue weighted by Crippen LogP contribution is 2.31. The molecule has 1 amide bonds. The molecule has 4 rings (SSSR count). The fourth-order valence-electron chi connectivity index (χ4n) is 4.31. The molecule has 1 unspecified atom stereocenters. The van der Waals surface area contributed by atoms with E-state index in [4.69, 9.17) is 9.15 Å². The van der Waals surface area contributed by atoms with E-state index >= 15 is 0 Å². The van der Waals surface area contributed by atoms with Crippen LogP contribution in [-0.4, -0.2) is 47.9 Å². The highest BCUT2D eigenvalue weighted by atomic mass is 19.1. The number of carbonyl (C=O) groups excluding carboxylic acids is 1. The van der Waals surface area contributed by atoms with Crippen LogP contribution in [0.4, 0.5) is 4.39 Å². The minimum absolute atomic E-state index is 0.0526. The first-order valence-electron chi connectivity index (χ1n) is 11.3. The number of piperidine rings is 1. The number of halogens is 1. The van der Waals surface area contributed by atoms with Crippen molar-refractivity contribution in [1.82, 2.24) is 14.8 Å². The van der Waals surface area contributed by atoms with Crippen LogP contribution in [0.25, 0.3) is 0 Å². The Labute approximate surface area is 194 Å². The number of amides is 1. The Morgan fingerprint density at radius 1 is 1.21 bits per heavy atom. The van der Waals surface area contributed by atoms with E-state index < -0.39 is 0 Å². The number of nitrogens with zero attached hydrogens (tertiary/aromatic N) is 3. The van der Waals surface area contributed by atoms with Crippen LogP contribution in [-0.2, 0) is 17.8 Å². The quantitative estimate of drug-likeness (QED) is 0.501. The number of likely N-dealkylation sites (N-methyl/N-ethyl adjacent to an activating group) is 1. The van der Waals surface area contributed by atoms with Crippen LogP contribution < -0.4 is 4.74 Å². The van der Waals surface area contributed by atoms with Crippen molar-refractivity contribution in [2.45, 2.75) is 38.3 Å². The molecule has 0 spiro atoms. The molecule has 1 aromatic heterocycles. The minimum Gasteiger partial charge on any atom is -0.497 e. The van der Waals surface area contributed by atoms with Crippen molar-refractivity contribution in [3.8, 4) is 5.75 Å². The lowest BCUT2D eigenvalue weighted by molar-refractivity contribution is -0.136. The van der Waals surface area contributed by atoms with E-state index in [0.717, 1.165) is 41.9 Å². The normalized spacial score (nSPS) is 16.2. The van der Waals surface area contributed by atoms with Crippen molar-refractivity contribution in [1.29, 1.82) is 0 Å². The maximum atomic E-state index is 13.1. The summed E-state index contributed by atoms with van der Waals surface area (Å²) in [7, 11) is 3.55. The Hall–Kier alpha value is -3.19. The largest absolute Gasteiger partial charge is 0.497 e. The van der Waals surface area contributed by atoms with Gasteiger partial charge in [-0.15, -0.1) is 0 Å². The molecule has 1 fully saturated rings. The zero-order chi connectivity index (χ0) is 23.2. The average molecular weight is 452 g/mol. The molecule has 7 heteroatoms. The predicted octanol–water partition coefficient (Wildman–Crippen LogP) is 4.60. The van der Waals surface area contributed by atoms with Crippen LogP contribution in [0.3, 0.4) is 0 Å². The van der Waals surface area contributed by atoms with Gasteiger partial charge in [0.15, 0.2) is 0 Å². The summed E-state index contributed by atoms with van der Waals surface area (Å²) in [6.07, 6.45) is 5.22. The van der Waals surface area contributed by atoms with E-state index in [1.54, 1.807) is 25.4 Å². The summed E-state index contributed by atoms with van der Waals surface area (Å²) < 4.78 is 24.5. The summed E-state index contributed by atoms with van der Waals surface area (Å²) in [6, 6.07) is 14.1. The number of aromatic nitrogens is 1. The highest BCUT2D eigenvalue weighted by molar-refractivity contribution is 5.78. The van der Waals surface area contributed by atoms with Crippen LogP contribution in [0.2, 0.25) is 0 Å². The number of likely N-dealkylation sites (tertiary alicyclic amines) is 1. The van der Waals surface area contributed by atoms with Crippen LogP contribution in [0.15, 0.2) is 59.1 Å². The number of hydrogen-bond acceptors (Lipinski definition) is 5. The predicted molar refractivity (Wildman–Crippen MR) is 123 cm³/mol. The first kappa shape index (κ1) is 23.0. The highest BCUT2D eigenvalue weighted by Gasteiger charge is 2.31. The number of carbonyl (C=O) groups is 1. The number of rotatable bonds is 8. The molecule has 1 aliphatic rings. The van der Waals surface area contributed by atoms with Crippen molar-refractivity contribution in [3.05, 3.63) is 83.3 Å². The molecule has 0 aliphatic carbocycles. The SMILES string of the molecule is COc1cccc(Cc2cnc(C3CCCCN3C(=O)CN(C)Cc3ccc(F)cc3)o2)c1. The molecule has 0 bridgehead atoms. The Balaban J connectivity index is 1.40. The van der Waals surface area contributed by atoms with Gasteiger partial charge in [-0.2, -0.15) is 0 Å². The summed E-state index contributed by atoms with van der Waals surface area (Å²) >= 11 is 0. The van der Waals surface area contributed by atoms with Gasteiger partial charge >= 0.3 is 0 Å². The van der Waals surface area contributed by atoms with Crippen molar-refractivity contribution in [2.75, 3.05) is 27.2 Å². The maximum Gasteiger partial charge on any atom is 0.237 e. The number of methoxy groups -OCH3 is 1. The molecule has 0 radical (unpaired) electrons. The smallest absolute Gasteiger partial charge is 0.237 e. The van der Waals surface area contributed by atoms with Gasteiger partial charge in [0.2, 0.25) is 11.8 Å². The second kappa shape index (κ2) is 10.6. The van der Waals surface area contributed by atoms with Gasteiger partial charge in [0.1, 0.15) is 23.4 Å². The van der Waals surface area contributed by atoms with Gasteiger partial charge in [0, 0.05) is 19.5 Å². The van der Waals surface area contributed by atoms with E-state index in [1.165, 1.54) is 12.1 Å². The summed E-state index contributed by atoms with van der Waals surface area (Å²) in [5, 5.41) is 0. The molecule has 33 heavy (non-hydrogen) atoms. The Bertz CT molecular complexity index is 1070. The number of benzene rings is 2. The lowest BCUT2D eigenvalue weighted by Crippen LogP contribution is -2.43. The molecular weight excluding hydrogens is 421 g/mol.